The lowest BCUT2D eigenvalue weighted by Crippen LogP contribution is -2.34. The van der Waals surface area contributed by atoms with Crippen molar-refractivity contribution in [3.8, 4) is 11.6 Å². The third kappa shape index (κ3) is 3.11. The van der Waals surface area contributed by atoms with E-state index < -0.39 is 29.9 Å². The Kier molecular flexibility index (Phi) is 4.76. The SMILES string of the molecule is CC[C@H]1[C@@H](COc2csc3cc(C(N)=O)c(OC)nc23)NC(=O)[C@@H]1F. The van der Waals surface area contributed by atoms with E-state index in [1.807, 2.05) is 6.92 Å². The molecule has 2 amide bonds. The highest BCUT2D eigenvalue weighted by atomic mass is 32.1. The third-order valence-electron chi connectivity index (χ3n) is 4.30. The Bertz CT molecular complexity index is 825. The number of methoxy groups -OCH3 is 1. The normalized spacial score (nSPS) is 22.8. The molecule has 3 N–H and O–H groups in total. The van der Waals surface area contributed by atoms with Crippen LogP contribution in [0.15, 0.2) is 11.4 Å². The second-order valence-electron chi connectivity index (χ2n) is 5.76. The maximum Gasteiger partial charge on any atom is 0.255 e. The molecule has 9 heteroatoms. The first-order valence-electron chi connectivity index (χ1n) is 7.79. The van der Waals surface area contributed by atoms with Crippen molar-refractivity contribution >= 4 is 33.4 Å². The van der Waals surface area contributed by atoms with Gasteiger partial charge >= 0.3 is 0 Å². The van der Waals surface area contributed by atoms with E-state index in [-0.39, 0.29) is 18.1 Å². The Hall–Kier alpha value is -2.42. The van der Waals surface area contributed by atoms with E-state index in [0.29, 0.717) is 17.7 Å². The molecule has 0 bridgehead atoms. The predicted octanol–water partition coefficient (Wildman–Crippen LogP) is 1.65. The van der Waals surface area contributed by atoms with E-state index >= 15 is 0 Å². The zero-order valence-corrected chi connectivity index (χ0v) is 14.6. The van der Waals surface area contributed by atoms with Crippen molar-refractivity contribution in [1.82, 2.24) is 10.3 Å². The number of nitrogens with zero attached hydrogens (tertiary/aromatic N) is 1. The first-order valence-corrected chi connectivity index (χ1v) is 8.67. The first-order chi connectivity index (χ1) is 12.0. The van der Waals surface area contributed by atoms with Gasteiger partial charge in [-0.15, -0.1) is 11.3 Å². The van der Waals surface area contributed by atoms with Gasteiger partial charge in [0.15, 0.2) is 11.9 Å². The van der Waals surface area contributed by atoms with Crippen molar-refractivity contribution in [3.05, 3.63) is 17.0 Å². The van der Waals surface area contributed by atoms with Crippen molar-refractivity contribution in [1.29, 1.82) is 0 Å². The van der Waals surface area contributed by atoms with Gasteiger partial charge in [-0.1, -0.05) is 6.92 Å². The summed E-state index contributed by atoms with van der Waals surface area (Å²) in [6, 6.07) is 1.21. The minimum atomic E-state index is -1.51. The highest BCUT2D eigenvalue weighted by molar-refractivity contribution is 7.17. The number of pyridine rings is 1. The molecule has 3 rings (SSSR count). The summed E-state index contributed by atoms with van der Waals surface area (Å²) in [5.74, 6) is -1.04. The van der Waals surface area contributed by atoms with Gasteiger partial charge in [0.1, 0.15) is 17.7 Å². The summed E-state index contributed by atoms with van der Waals surface area (Å²) in [6.07, 6.45) is -0.971. The van der Waals surface area contributed by atoms with Crippen LogP contribution in [0.4, 0.5) is 4.39 Å². The van der Waals surface area contributed by atoms with Crippen molar-refractivity contribution < 1.29 is 23.5 Å². The fraction of sp³-hybridized carbons (Fsp3) is 0.438. The zero-order valence-electron chi connectivity index (χ0n) is 13.7. The van der Waals surface area contributed by atoms with Gasteiger partial charge in [0.25, 0.3) is 11.8 Å². The lowest BCUT2D eigenvalue weighted by molar-refractivity contribution is -0.123. The number of nitrogens with two attached hydrogens (primary N) is 1. The average Bonchev–Trinajstić information content (AvgIpc) is 3.12. The number of hydrogen-bond acceptors (Lipinski definition) is 6. The quantitative estimate of drug-likeness (QED) is 0.808. The molecular weight excluding hydrogens is 349 g/mol. The maximum absolute atomic E-state index is 13.8. The lowest BCUT2D eigenvalue weighted by Gasteiger charge is -2.18. The molecule has 1 aliphatic rings. The molecule has 1 fully saturated rings. The molecule has 0 radical (unpaired) electrons. The number of nitrogens with one attached hydrogen (secondary N) is 1. The molecule has 134 valence electrons. The minimum absolute atomic E-state index is 0.118. The average molecular weight is 367 g/mol. The number of fused-ring (bicyclic) bond motifs is 1. The molecule has 0 spiro atoms. The number of carbonyl (C=O) groups is 2. The molecule has 7 nitrogen and oxygen atoms in total. The van der Waals surface area contributed by atoms with Crippen LogP contribution in [-0.4, -0.2) is 42.7 Å². The highest BCUT2D eigenvalue weighted by Crippen LogP contribution is 2.35. The van der Waals surface area contributed by atoms with Gasteiger partial charge < -0.3 is 20.5 Å². The number of aromatic nitrogens is 1. The molecule has 1 aliphatic heterocycles. The van der Waals surface area contributed by atoms with E-state index in [1.54, 1.807) is 11.4 Å². The number of alkyl halides is 1. The molecule has 1 saturated heterocycles. The second kappa shape index (κ2) is 6.83. The Morgan fingerprint density at radius 1 is 1.52 bits per heavy atom. The van der Waals surface area contributed by atoms with Gasteiger partial charge in [-0.25, -0.2) is 9.37 Å². The van der Waals surface area contributed by atoms with Crippen LogP contribution in [-0.2, 0) is 4.79 Å². The van der Waals surface area contributed by atoms with Crippen LogP contribution in [0.2, 0.25) is 0 Å². The zero-order chi connectivity index (χ0) is 18.1. The smallest absolute Gasteiger partial charge is 0.255 e. The summed E-state index contributed by atoms with van der Waals surface area (Å²) in [5, 5.41) is 4.36. The molecule has 3 atom stereocenters. The second-order valence-corrected chi connectivity index (χ2v) is 6.67. The van der Waals surface area contributed by atoms with Gasteiger partial charge in [-0.3, -0.25) is 9.59 Å². The molecule has 0 unspecified atom stereocenters. The molecule has 25 heavy (non-hydrogen) atoms. The number of amides is 2. The van der Waals surface area contributed by atoms with Crippen molar-refractivity contribution in [2.75, 3.05) is 13.7 Å². The molecule has 0 aromatic carbocycles. The van der Waals surface area contributed by atoms with Gasteiger partial charge in [0.05, 0.1) is 17.9 Å². The summed E-state index contributed by atoms with van der Waals surface area (Å²) in [6.45, 7) is 1.97. The fourth-order valence-electron chi connectivity index (χ4n) is 2.96. The topological polar surface area (TPSA) is 104 Å². The van der Waals surface area contributed by atoms with E-state index in [9.17, 15) is 14.0 Å². The first kappa shape index (κ1) is 17.4. The fourth-order valence-corrected chi connectivity index (χ4v) is 3.81. The van der Waals surface area contributed by atoms with Gasteiger partial charge in [0, 0.05) is 11.3 Å². The van der Waals surface area contributed by atoms with Crippen LogP contribution in [0.5, 0.6) is 11.6 Å². The number of halogens is 1. The highest BCUT2D eigenvalue weighted by Gasteiger charge is 2.41. The Morgan fingerprint density at radius 3 is 2.92 bits per heavy atom. The van der Waals surface area contributed by atoms with Crippen molar-refractivity contribution in [2.24, 2.45) is 11.7 Å². The number of rotatable bonds is 6. The van der Waals surface area contributed by atoms with E-state index in [0.717, 1.165) is 4.70 Å². The lowest BCUT2D eigenvalue weighted by atomic mass is 9.97. The summed E-state index contributed by atoms with van der Waals surface area (Å²) >= 11 is 1.34. The van der Waals surface area contributed by atoms with Crippen LogP contribution in [0.25, 0.3) is 10.2 Å². The van der Waals surface area contributed by atoms with Gasteiger partial charge in [0.2, 0.25) is 5.88 Å². The molecule has 0 aliphatic carbocycles. The predicted molar refractivity (Wildman–Crippen MR) is 90.8 cm³/mol. The van der Waals surface area contributed by atoms with Gasteiger partial charge in [-0.05, 0) is 12.5 Å². The van der Waals surface area contributed by atoms with Crippen LogP contribution in [0.3, 0.4) is 0 Å². The molecule has 0 saturated carbocycles. The number of hydrogen-bond donors (Lipinski definition) is 2. The Labute approximate surface area is 147 Å². The van der Waals surface area contributed by atoms with Gasteiger partial charge in [-0.2, -0.15) is 0 Å². The molecule has 2 aromatic heterocycles. The number of thiophene rings is 1. The largest absolute Gasteiger partial charge is 0.488 e. The summed E-state index contributed by atoms with van der Waals surface area (Å²) in [7, 11) is 1.40. The van der Waals surface area contributed by atoms with E-state index in [1.165, 1.54) is 18.4 Å². The number of ether oxygens (including phenoxy) is 2. The standard InChI is InChI=1S/C16H18FN3O4S/c1-3-7-9(19-15(22)12(7)17)5-24-10-6-25-11-4-8(14(18)21)16(23-2)20-13(10)11/h4,6-7,9,12H,3,5H2,1-2H3,(H2,18,21)(H,19,22)/t7-,9+,12+/m0/s1. The van der Waals surface area contributed by atoms with E-state index in [2.05, 4.69) is 10.3 Å². The van der Waals surface area contributed by atoms with Crippen LogP contribution < -0.4 is 20.5 Å². The molecule has 2 aromatic rings. The number of primary amides is 1. The minimum Gasteiger partial charge on any atom is -0.488 e. The van der Waals surface area contributed by atoms with Crippen LogP contribution in [0, 0.1) is 5.92 Å². The molecule has 3 heterocycles. The Balaban J connectivity index is 1.83. The summed E-state index contributed by atoms with van der Waals surface area (Å²) < 4.78 is 25.4. The Morgan fingerprint density at radius 2 is 2.28 bits per heavy atom. The summed E-state index contributed by atoms with van der Waals surface area (Å²) in [5.41, 5.74) is 6.05. The van der Waals surface area contributed by atoms with Crippen molar-refractivity contribution in [2.45, 2.75) is 25.6 Å². The maximum atomic E-state index is 13.8. The van der Waals surface area contributed by atoms with Crippen LogP contribution in [0.1, 0.15) is 23.7 Å². The van der Waals surface area contributed by atoms with E-state index in [4.69, 9.17) is 15.2 Å². The third-order valence-corrected chi connectivity index (χ3v) is 5.20. The molecular formula is C16H18FN3O4S. The van der Waals surface area contributed by atoms with Crippen molar-refractivity contribution in [3.63, 3.8) is 0 Å². The summed E-state index contributed by atoms with van der Waals surface area (Å²) in [4.78, 5) is 27.3. The van der Waals surface area contributed by atoms with Crippen LogP contribution >= 0.6 is 11.3 Å². The monoisotopic (exact) mass is 367 g/mol. The number of carbonyl (C=O) groups excluding carboxylic acids is 2.